The number of piperidine rings is 1. The molecule has 0 amide bonds. The number of likely N-dealkylation sites (tertiary alicyclic amines) is 1. The lowest BCUT2D eigenvalue weighted by Gasteiger charge is -2.32. The van der Waals surface area contributed by atoms with Gasteiger partial charge in [0.1, 0.15) is 5.82 Å². The molecule has 1 aromatic heterocycles. The Hall–Kier alpha value is -1.44. The van der Waals surface area contributed by atoms with Crippen LogP contribution in [0.1, 0.15) is 25.1 Å². The van der Waals surface area contributed by atoms with Crippen molar-refractivity contribution in [1.82, 2.24) is 19.6 Å². The molecule has 1 aliphatic rings. The van der Waals surface area contributed by atoms with Gasteiger partial charge >= 0.3 is 0 Å². The highest BCUT2D eigenvalue weighted by Gasteiger charge is 2.21. The van der Waals surface area contributed by atoms with E-state index in [9.17, 15) is 8.42 Å². The fourth-order valence-electron chi connectivity index (χ4n) is 3.27. The molecular weight excluding hydrogens is 312 g/mol. The van der Waals surface area contributed by atoms with Gasteiger partial charge < -0.3 is 4.98 Å². The number of para-hydroxylation sites is 2. The van der Waals surface area contributed by atoms with E-state index in [1.165, 1.54) is 12.7 Å². The number of aromatic nitrogens is 2. The van der Waals surface area contributed by atoms with E-state index in [1.807, 2.05) is 24.3 Å². The zero-order valence-corrected chi connectivity index (χ0v) is 14.3. The van der Waals surface area contributed by atoms with Crippen molar-refractivity contribution in [2.24, 2.45) is 5.92 Å². The normalized spacial score (nSPS) is 20.1. The molecule has 1 aromatic carbocycles. The number of imidazole rings is 1. The van der Waals surface area contributed by atoms with Crippen LogP contribution in [0.3, 0.4) is 0 Å². The van der Waals surface area contributed by atoms with E-state index in [0.717, 1.165) is 49.3 Å². The van der Waals surface area contributed by atoms with Crippen molar-refractivity contribution in [3.8, 4) is 0 Å². The molecular formula is C16H24N4O2S. The number of fused-ring (bicyclic) bond motifs is 1. The summed E-state index contributed by atoms with van der Waals surface area (Å²) in [5.41, 5.74) is 2.09. The molecule has 6 nitrogen and oxygen atoms in total. The predicted octanol–water partition coefficient (Wildman–Crippen LogP) is 1.71. The summed E-state index contributed by atoms with van der Waals surface area (Å²) in [6, 6.07) is 8.07. The topological polar surface area (TPSA) is 78.1 Å². The number of rotatable bonds is 6. The van der Waals surface area contributed by atoms with Crippen LogP contribution in [0.5, 0.6) is 0 Å². The van der Waals surface area contributed by atoms with Gasteiger partial charge in [0.25, 0.3) is 0 Å². The summed E-state index contributed by atoms with van der Waals surface area (Å²) < 4.78 is 24.8. The highest BCUT2D eigenvalue weighted by molar-refractivity contribution is 7.88. The Bertz CT molecular complexity index is 723. The monoisotopic (exact) mass is 336 g/mol. The van der Waals surface area contributed by atoms with Crippen molar-refractivity contribution >= 4 is 21.1 Å². The summed E-state index contributed by atoms with van der Waals surface area (Å²) in [6.45, 7) is 3.43. The first-order chi connectivity index (χ1) is 11.0. The first-order valence-electron chi connectivity index (χ1n) is 8.10. The van der Waals surface area contributed by atoms with E-state index in [2.05, 4.69) is 19.6 Å². The van der Waals surface area contributed by atoms with Crippen molar-refractivity contribution in [2.45, 2.75) is 25.8 Å². The Kier molecular flexibility index (Phi) is 4.99. The van der Waals surface area contributed by atoms with Crippen LogP contribution in [0.25, 0.3) is 11.0 Å². The molecule has 23 heavy (non-hydrogen) atoms. The lowest BCUT2D eigenvalue weighted by atomic mass is 9.95. The maximum atomic E-state index is 11.1. The van der Waals surface area contributed by atoms with Gasteiger partial charge in [0, 0.05) is 13.1 Å². The number of benzene rings is 1. The summed E-state index contributed by atoms with van der Waals surface area (Å²) in [5, 5.41) is 0. The van der Waals surface area contributed by atoms with E-state index in [0.29, 0.717) is 12.5 Å². The van der Waals surface area contributed by atoms with Crippen molar-refractivity contribution in [3.63, 3.8) is 0 Å². The molecule has 0 aliphatic carbocycles. The summed E-state index contributed by atoms with van der Waals surface area (Å²) in [7, 11) is -3.08. The Morgan fingerprint density at radius 1 is 1.39 bits per heavy atom. The van der Waals surface area contributed by atoms with Crippen LogP contribution in [0, 0.1) is 5.92 Å². The van der Waals surface area contributed by atoms with Gasteiger partial charge in [0.2, 0.25) is 10.0 Å². The first-order valence-corrected chi connectivity index (χ1v) is 9.99. The molecule has 1 aliphatic heterocycles. The molecule has 1 saturated heterocycles. The number of hydrogen-bond donors (Lipinski definition) is 2. The SMILES string of the molecule is CS(=O)(=O)NCC[C@H]1CCCN(Cc2nc3ccccc3[nH]2)C1. The number of aromatic amines is 1. The summed E-state index contributed by atoms with van der Waals surface area (Å²) in [5.74, 6) is 1.54. The second kappa shape index (κ2) is 6.98. The maximum absolute atomic E-state index is 11.1. The number of hydrogen-bond acceptors (Lipinski definition) is 4. The van der Waals surface area contributed by atoms with Crippen molar-refractivity contribution < 1.29 is 8.42 Å². The quantitative estimate of drug-likeness (QED) is 0.842. The minimum atomic E-state index is -3.08. The largest absolute Gasteiger partial charge is 0.341 e. The Morgan fingerprint density at radius 2 is 2.22 bits per heavy atom. The van der Waals surface area contributed by atoms with Gasteiger partial charge in [-0.1, -0.05) is 12.1 Å². The first kappa shape index (κ1) is 16.4. The maximum Gasteiger partial charge on any atom is 0.208 e. The van der Waals surface area contributed by atoms with Crippen LogP contribution in [0.4, 0.5) is 0 Å². The average molecular weight is 336 g/mol. The molecule has 126 valence electrons. The van der Waals surface area contributed by atoms with Crippen LogP contribution in [-0.2, 0) is 16.6 Å². The van der Waals surface area contributed by atoms with E-state index in [1.54, 1.807) is 0 Å². The van der Waals surface area contributed by atoms with E-state index >= 15 is 0 Å². The molecule has 0 spiro atoms. The van der Waals surface area contributed by atoms with E-state index < -0.39 is 10.0 Å². The van der Waals surface area contributed by atoms with E-state index in [-0.39, 0.29) is 0 Å². The number of sulfonamides is 1. The molecule has 2 aromatic rings. The second-order valence-corrected chi connectivity index (χ2v) is 8.23. The van der Waals surface area contributed by atoms with Gasteiger partial charge in [-0.3, -0.25) is 4.90 Å². The molecule has 1 atom stereocenters. The van der Waals surface area contributed by atoms with Gasteiger partial charge in [0.05, 0.1) is 23.8 Å². The number of nitrogens with zero attached hydrogens (tertiary/aromatic N) is 2. The van der Waals surface area contributed by atoms with Crippen molar-refractivity contribution in [2.75, 3.05) is 25.9 Å². The third-order valence-electron chi connectivity index (χ3n) is 4.33. The Labute approximate surface area is 137 Å². The molecule has 1 fully saturated rings. The van der Waals surface area contributed by atoms with Gasteiger partial charge in [0.15, 0.2) is 0 Å². The smallest absolute Gasteiger partial charge is 0.208 e. The number of H-pyrrole nitrogens is 1. The highest BCUT2D eigenvalue weighted by Crippen LogP contribution is 2.21. The zero-order chi connectivity index (χ0) is 16.3. The molecule has 2 N–H and O–H groups in total. The fraction of sp³-hybridized carbons (Fsp3) is 0.562. The molecule has 0 saturated carbocycles. The summed E-state index contributed by atoms with van der Waals surface area (Å²) in [6.07, 6.45) is 4.43. The third-order valence-corrected chi connectivity index (χ3v) is 5.06. The average Bonchev–Trinajstić information content (AvgIpc) is 2.88. The Balaban J connectivity index is 1.54. The third kappa shape index (κ3) is 4.76. The van der Waals surface area contributed by atoms with E-state index in [4.69, 9.17) is 0 Å². The van der Waals surface area contributed by atoms with Gasteiger partial charge in [-0.15, -0.1) is 0 Å². The standard InChI is InChI=1S/C16H24N4O2S/c1-23(21,22)17-9-8-13-5-4-10-20(11-13)12-16-18-14-6-2-3-7-15(14)19-16/h2-3,6-7,13,17H,4-5,8-12H2,1H3,(H,18,19)/t13-/m1/s1. The minimum absolute atomic E-state index is 0.530. The predicted molar refractivity (Wildman–Crippen MR) is 91.6 cm³/mol. The summed E-state index contributed by atoms with van der Waals surface area (Å²) in [4.78, 5) is 10.4. The van der Waals surface area contributed by atoms with Gasteiger partial charge in [-0.05, 0) is 43.9 Å². The van der Waals surface area contributed by atoms with Crippen molar-refractivity contribution in [3.05, 3.63) is 30.1 Å². The van der Waals surface area contributed by atoms with Gasteiger partial charge in [-0.2, -0.15) is 0 Å². The molecule has 0 radical (unpaired) electrons. The lowest BCUT2D eigenvalue weighted by molar-refractivity contribution is 0.159. The molecule has 0 unspecified atom stereocenters. The highest BCUT2D eigenvalue weighted by atomic mass is 32.2. The van der Waals surface area contributed by atoms with Crippen LogP contribution in [-0.4, -0.2) is 49.2 Å². The summed E-state index contributed by atoms with van der Waals surface area (Å²) >= 11 is 0. The van der Waals surface area contributed by atoms with Gasteiger partial charge in [-0.25, -0.2) is 18.1 Å². The van der Waals surface area contributed by atoms with Crippen LogP contribution in [0.15, 0.2) is 24.3 Å². The van der Waals surface area contributed by atoms with Crippen molar-refractivity contribution in [1.29, 1.82) is 0 Å². The second-order valence-electron chi connectivity index (χ2n) is 6.40. The zero-order valence-electron chi connectivity index (χ0n) is 13.5. The Morgan fingerprint density at radius 3 is 3.00 bits per heavy atom. The fourth-order valence-corrected chi connectivity index (χ4v) is 3.76. The van der Waals surface area contributed by atoms with Crippen LogP contribution < -0.4 is 4.72 Å². The number of nitrogens with one attached hydrogen (secondary N) is 2. The molecule has 7 heteroatoms. The minimum Gasteiger partial charge on any atom is -0.341 e. The molecule has 2 heterocycles. The molecule has 0 bridgehead atoms. The van der Waals surface area contributed by atoms with Crippen LogP contribution >= 0.6 is 0 Å². The van der Waals surface area contributed by atoms with Crippen LogP contribution in [0.2, 0.25) is 0 Å². The molecule has 3 rings (SSSR count). The lowest BCUT2D eigenvalue weighted by Crippen LogP contribution is -2.36.